The third-order valence-electron chi connectivity index (χ3n) is 4.34. The molecule has 1 atom stereocenters. The molecule has 0 spiro atoms. The molecular formula is C18H21NO4S. The fourth-order valence-corrected chi connectivity index (χ4v) is 4.81. The lowest BCUT2D eigenvalue weighted by Gasteiger charge is -2.33. The van der Waals surface area contributed by atoms with Gasteiger partial charge in [-0.05, 0) is 49.1 Å². The lowest BCUT2D eigenvalue weighted by molar-refractivity contribution is -0.148. The van der Waals surface area contributed by atoms with Crippen molar-refractivity contribution in [1.29, 1.82) is 0 Å². The average Bonchev–Trinajstić information content (AvgIpc) is 2.61. The smallest absolute Gasteiger partial charge is 0.324 e. The zero-order chi connectivity index (χ0) is 17.2. The highest BCUT2D eigenvalue weighted by atomic mass is 32.2. The molecule has 0 bridgehead atoms. The minimum atomic E-state index is -3.73. The van der Waals surface area contributed by atoms with Gasteiger partial charge < -0.3 is 4.74 Å². The molecule has 1 aliphatic heterocycles. The quantitative estimate of drug-likeness (QED) is 0.798. The normalized spacial score (nSPS) is 19.3. The van der Waals surface area contributed by atoms with Crippen molar-refractivity contribution in [1.82, 2.24) is 4.31 Å². The molecule has 0 unspecified atom stereocenters. The zero-order valence-electron chi connectivity index (χ0n) is 13.6. The van der Waals surface area contributed by atoms with Crippen molar-refractivity contribution >= 4 is 26.8 Å². The van der Waals surface area contributed by atoms with Crippen LogP contribution >= 0.6 is 0 Å². The van der Waals surface area contributed by atoms with E-state index in [1.807, 2.05) is 24.3 Å². The van der Waals surface area contributed by atoms with Crippen LogP contribution in [0.1, 0.15) is 26.2 Å². The number of rotatable bonds is 4. The maximum absolute atomic E-state index is 13.1. The fourth-order valence-electron chi connectivity index (χ4n) is 3.13. The van der Waals surface area contributed by atoms with Gasteiger partial charge in [-0.25, -0.2) is 8.42 Å². The molecule has 0 amide bonds. The predicted octanol–water partition coefficient (Wildman–Crippen LogP) is 2.95. The Labute approximate surface area is 142 Å². The van der Waals surface area contributed by atoms with E-state index in [0.29, 0.717) is 13.0 Å². The summed E-state index contributed by atoms with van der Waals surface area (Å²) in [4.78, 5) is 12.4. The summed E-state index contributed by atoms with van der Waals surface area (Å²) < 4.78 is 32.5. The summed E-state index contributed by atoms with van der Waals surface area (Å²) >= 11 is 0. The van der Waals surface area contributed by atoms with Crippen LogP contribution in [0.2, 0.25) is 0 Å². The summed E-state index contributed by atoms with van der Waals surface area (Å²) in [6, 6.07) is 12.0. The molecule has 0 N–H and O–H groups in total. The number of carbonyl (C=O) groups is 1. The first-order valence-corrected chi connectivity index (χ1v) is 9.65. The fraction of sp³-hybridized carbons (Fsp3) is 0.389. The van der Waals surface area contributed by atoms with E-state index in [1.54, 1.807) is 25.1 Å². The van der Waals surface area contributed by atoms with Crippen LogP contribution in [0.5, 0.6) is 0 Å². The molecule has 1 fully saturated rings. The number of benzene rings is 2. The Morgan fingerprint density at radius 1 is 1.17 bits per heavy atom. The number of hydrogen-bond donors (Lipinski definition) is 0. The number of carbonyl (C=O) groups excluding carboxylic acids is 1. The van der Waals surface area contributed by atoms with Crippen LogP contribution in [0.25, 0.3) is 10.8 Å². The van der Waals surface area contributed by atoms with Gasteiger partial charge in [0.25, 0.3) is 0 Å². The first-order chi connectivity index (χ1) is 11.5. The minimum absolute atomic E-state index is 0.220. The van der Waals surface area contributed by atoms with Crippen LogP contribution in [0.3, 0.4) is 0 Å². The average molecular weight is 347 g/mol. The highest BCUT2D eigenvalue weighted by molar-refractivity contribution is 7.89. The molecule has 2 aromatic carbocycles. The van der Waals surface area contributed by atoms with Crippen molar-refractivity contribution in [2.24, 2.45) is 0 Å². The second-order valence-corrected chi connectivity index (χ2v) is 7.78. The van der Waals surface area contributed by atoms with Gasteiger partial charge in [0.15, 0.2) is 0 Å². The Bertz CT molecular complexity index is 847. The number of piperidine rings is 1. The first-order valence-electron chi connectivity index (χ1n) is 8.21. The van der Waals surface area contributed by atoms with Gasteiger partial charge in [-0.2, -0.15) is 4.31 Å². The molecule has 6 heteroatoms. The van der Waals surface area contributed by atoms with E-state index in [4.69, 9.17) is 4.74 Å². The molecular weight excluding hydrogens is 326 g/mol. The Kier molecular flexibility index (Phi) is 4.87. The highest BCUT2D eigenvalue weighted by Gasteiger charge is 2.38. The van der Waals surface area contributed by atoms with E-state index in [0.717, 1.165) is 23.6 Å². The van der Waals surface area contributed by atoms with Gasteiger partial charge in [0.2, 0.25) is 10.0 Å². The molecule has 5 nitrogen and oxygen atoms in total. The van der Waals surface area contributed by atoms with Crippen LogP contribution in [-0.4, -0.2) is 37.9 Å². The first kappa shape index (κ1) is 16.9. The second-order valence-electron chi connectivity index (χ2n) is 5.89. The molecule has 2 aromatic rings. The molecule has 1 aliphatic rings. The van der Waals surface area contributed by atoms with Crippen molar-refractivity contribution < 1.29 is 17.9 Å². The van der Waals surface area contributed by atoms with Crippen LogP contribution in [0, 0.1) is 0 Å². The number of ether oxygens (including phenoxy) is 1. The minimum Gasteiger partial charge on any atom is -0.465 e. The molecule has 128 valence electrons. The summed E-state index contributed by atoms with van der Waals surface area (Å²) in [5.41, 5.74) is 0. The number of fused-ring (bicyclic) bond motifs is 1. The van der Waals surface area contributed by atoms with Gasteiger partial charge in [-0.15, -0.1) is 0 Å². The lowest BCUT2D eigenvalue weighted by atomic mass is 10.1. The van der Waals surface area contributed by atoms with Crippen molar-refractivity contribution in [3.63, 3.8) is 0 Å². The summed E-state index contributed by atoms with van der Waals surface area (Å²) in [6.07, 6.45) is 2.08. The molecule has 1 saturated heterocycles. The topological polar surface area (TPSA) is 63.7 Å². The van der Waals surface area contributed by atoms with Crippen LogP contribution in [-0.2, 0) is 19.6 Å². The SMILES string of the molecule is CCOC(=O)[C@@H]1CCCCN1S(=O)(=O)c1ccc2ccccc2c1. The van der Waals surface area contributed by atoms with E-state index in [-0.39, 0.29) is 11.5 Å². The summed E-state index contributed by atoms with van der Waals surface area (Å²) in [5, 5.41) is 1.85. The predicted molar refractivity (Wildman–Crippen MR) is 92.1 cm³/mol. The lowest BCUT2D eigenvalue weighted by Crippen LogP contribution is -2.48. The van der Waals surface area contributed by atoms with Gasteiger partial charge in [-0.3, -0.25) is 4.79 Å². The molecule has 0 aromatic heterocycles. The second kappa shape index (κ2) is 6.91. The Balaban J connectivity index is 1.98. The van der Waals surface area contributed by atoms with E-state index < -0.39 is 22.0 Å². The molecule has 0 aliphatic carbocycles. The number of esters is 1. The molecule has 0 saturated carbocycles. The standard InChI is InChI=1S/C18H21NO4S/c1-2-23-18(20)17-9-5-6-12-19(17)24(21,22)16-11-10-14-7-3-4-8-15(14)13-16/h3-4,7-8,10-11,13,17H,2,5-6,9,12H2,1H3/t17-/m0/s1. The monoisotopic (exact) mass is 347 g/mol. The Morgan fingerprint density at radius 3 is 2.67 bits per heavy atom. The van der Waals surface area contributed by atoms with E-state index in [2.05, 4.69) is 0 Å². The molecule has 3 rings (SSSR count). The van der Waals surface area contributed by atoms with Crippen molar-refractivity contribution in [2.75, 3.05) is 13.2 Å². The zero-order valence-corrected chi connectivity index (χ0v) is 14.5. The molecule has 1 heterocycles. The summed E-state index contributed by atoms with van der Waals surface area (Å²) in [7, 11) is -3.73. The van der Waals surface area contributed by atoms with Crippen molar-refractivity contribution in [2.45, 2.75) is 37.1 Å². The molecule has 0 radical (unpaired) electrons. The number of sulfonamides is 1. The third-order valence-corrected chi connectivity index (χ3v) is 6.24. The van der Waals surface area contributed by atoms with E-state index in [1.165, 1.54) is 4.31 Å². The van der Waals surface area contributed by atoms with Crippen LogP contribution in [0.4, 0.5) is 0 Å². The molecule has 24 heavy (non-hydrogen) atoms. The highest BCUT2D eigenvalue weighted by Crippen LogP contribution is 2.28. The van der Waals surface area contributed by atoms with Gasteiger partial charge in [0.1, 0.15) is 6.04 Å². The summed E-state index contributed by atoms with van der Waals surface area (Å²) in [5.74, 6) is -0.457. The third kappa shape index (κ3) is 3.16. The van der Waals surface area contributed by atoms with Crippen LogP contribution in [0.15, 0.2) is 47.4 Å². The Morgan fingerprint density at radius 2 is 1.92 bits per heavy atom. The van der Waals surface area contributed by atoms with Gasteiger partial charge in [0, 0.05) is 6.54 Å². The largest absolute Gasteiger partial charge is 0.465 e. The number of hydrogen-bond acceptors (Lipinski definition) is 4. The number of nitrogens with zero attached hydrogens (tertiary/aromatic N) is 1. The van der Waals surface area contributed by atoms with Crippen LogP contribution < -0.4 is 0 Å². The van der Waals surface area contributed by atoms with Gasteiger partial charge >= 0.3 is 5.97 Å². The van der Waals surface area contributed by atoms with Crippen molar-refractivity contribution in [3.8, 4) is 0 Å². The van der Waals surface area contributed by atoms with Crippen molar-refractivity contribution in [3.05, 3.63) is 42.5 Å². The van der Waals surface area contributed by atoms with E-state index in [9.17, 15) is 13.2 Å². The maximum atomic E-state index is 13.1. The van der Waals surface area contributed by atoms with Gasteiger partial charge in [-0.1, -0.05) is 30.3 Å². The summed E-state index contributed by atoms with van der Waals surface area (Å²) in [6.45, 7) is 2.32. The van der Waals surface area contributed by atoms with Gasteiger partial charge in [0.05, 0.1) is 11.5 Å². The van der Waals surface area contributed by atoms with E-state index >= 15 is 0 Å². The maximum Gasteiger partial charge on any atom is 0.324 e. The Hall–Kier alpha value is -1.92.